The molecule has 2 saturated heterocycles. The summed E-state index contributed by atoms with van der Waals surface area (Å²) in [5.41, 5.74) is 0.778. The molecule has 1 atom stereocenters. The number of fused-ring (bicyclic) bond motifs is 1. The minimum absolute atomic E-state index is 0.0227. The molecule has 134 valence electrons. The van der Waals surface area contributed by atoms with Crippen LogP contribution in [0.3, 0.4) is 0 Å². The highest BCUT2D eigenvalue weighted by Crippen LogP contribution is 2.25. The lowest BCUT2D eigenvalue weighted by Gasteiger charge is -2.36. The van der Waals surface area contributed by atoms with Crippen molar-refractivity contribution in [2.75, 3.05) is 52.9 Å². The predicted octanol–water partition coefficient (Wildman–Crippen LogP) is 0.992. The minimum Gasteiger partial charge on any atom is -0.387 e. The molecule has 4 rings (SSSR count). The number of likely N-dealkylation sites (tertiary alicyclic amines) is 1. The zero-order chi connectivity index (χ0) is 17.4. The van der Waals surface area contributed by atoms with Crippen LogP contribution in [0, 0.1) is 0 Å². The maximum absolute atomic E-state index is 12.8. The van der Waals surface area contributed by atoms with E-state index in [0.29, 0.717) is 31.7 Å². The van der Waals surface area contributed by atoms with Crippen molar-refractivity contribution in [2.24, 2.45) is 0 Å². The van der Waals surface area contributed by atoms with Crippen molar-refractivity contribution in [1.29, 1.82) is 0 Å². The first-order chi connectivity index (χ1) is 12.0. The van der Waals surface area contributed by atoms with Gasteiger partial charge in [0.25, 0.3) is 5.91 Å². The molecule has 2 aliphatic heterocycles. The molecule has 0 saturated carbocycles. The summed E-state index contributed by atoms with van der Waals surface area (Å²) >= 11 is 0. The second kappa shape index (κ2) is 6.44. The molecule has 2 N–H and O–H groups in total. The number of amides is 1. The third-order valence-electron chi connectivity index (χ3n) is 5.49. The number of carbonyl (C=O) groups excluding carboxylic acids is 1. The van der Waals surface area contributed by atoms with E-state index >= 15 is 0 Å². The molecular formula is C19H26N4O2. The smallest absolute Gasteiger partial charge is 0.270 e. The van der Waals surface area contributed by atoms with Gasteiger partial charge >= 0.3 is 0 Å². The Hall–Kier alpha value is -1.89. The van der Waals surface area contributed by atoms with Gasteiger partial charge in [-0.15, -0.1) is 0 Å². The lowest BCUT2D eigenvalue weighted by Crippen LogP contribution is -2.52. The Balaban J connectivity index is 1.41. The number of rotatable bonds is 3. The maximum Gasteiger partial charge on any atom is 0.270 e. The predicted molar refractivity (Wildman–Crippen MR) is 97.7 cm³/mol. The Morgan fingerprint density at radius 3 is 2.72 bits per heavy atom. The fraction of sp³-hybridized carbons (Fsp3) is 0.526. The van der Waals surface area contributed by atoms with Gasteiger partial charge in [-0.3, -0.25) is 9.69 Å². The fourth-order valence-electron chi connectivity index (χ4n) is 3.94. The van der Waals surface area contributed by atoms with Gasteiger partial charge in [0, 0.05) is 50.2 Å². The quantitative estimate of drug-likeness (QED) is 0.873. The number of aromatic nitrogens is 1. The van der Waals surface area contributed by atoms with Crippen LogP contribution in [-0.4, -0.2) is 89.2 Å². The van der Waals surface area contributed by atoms with E-state index in [9.17, 15) is 9.90 Å². The van der Waals surface area contributed by atoms with Crippen LogP contribution >= 0.6 is 0 Å². The summed E-state index contributed by atoms with van der Waals surface area (Å²) in [7, 11) is 2.13. The van der Waals surface area contributed by atoms with E-state index in [-0.39, 0.29) is 5.91 Å². The number of β-amino-alcohol motifs (C(OH)–C–C–N with tert-alkyl or cyclic N) is 1. The maximum atomic E-state index is 12.8. The molecule has 0 bridgehead atoms. The SMILES string of the molecule is CN1CCN(CC2(O)CCN(C(=O)c3cc4ccccc4[nH]3)C2)CC1. The van der Waals surface area contributed by atoms with Crippen LogP contribution < -0.4 is 0 Å². The van der Waals surface area contributed by atoms with Crippen LogP contribution in [0.4, 0.5) is 0 Å². The summed E-state index contributed by atoms with van der Waals surface area (Å²) in [6, 6.07) is 9.79. The molecule has 2 fully saturated rings. The van der Waals surface area contributed by atoms with Crippen LogP contribution in [0.15, 0.2) is 30.3 Å². The average Bonchev–Trinajstić information content (AvgIpc) is 3.20. The van der Waals surface area contributed by atoms with Crippen LogP contribution in [0.5, 0.6) is 0 Å². The lowest BCUT2D eigenvalue weighted by atomic mass is 10.0. The van der Waals surface area contributed by atoms with Gasteiger partial charge in [0.05, 0.1) is 12.1 Å². The standard InChI is InChI=1S/C19H26N4O2/c1-21-8-10-22(11-9-21)13-19(25)6-7-23(14-19)18(24)17-12-15-4-2-3-5-16(15)20-17/h2-5,12,20,25H,6-11,13-14H2,1H3. The van der Waals surface area contributed by atoms with Crippen LogP contribution in [-0.2, 0) is 0 Å². The highest BCUT2D eigenvalue weighted by Gasteiger charge is 2.40. The van der Waals surface area contributed by atoms with Crippen molar-refractivity contribution >= 4 is 16.8 Å². The summed E-state index contributed by atoms with van der Waals surface area (Å²) in [5.74, 6) is -0.0227. The number of hydrogen-bond donors (Lipinski definition) is 2. The summed E-state index contributed by atoms with van der Waals surface area (Å²) in [5, 5.41) is 12.0. The molecule has 1 amide bonds. The molecule has 1 aromatic heterocycles. The number of hydrogen-bond acceptors (Lipinski definition) is 4. The Labute approximate surface area is 148 Å². The van der Waals surface area contributed by atoms with Crippen molar-refractivity contribution < 1.29 is 9.90 Å². The van der Waals surface area contributed by atoms with Gasteiger partial charge in [-0.25, -0.2) is 0 Å². The van der Waals surface area contributed by atoms with Gasteiger partial charge in [0.1, 0.15) is 5.69 Å². The molecule has 0 radical (unpaired) electrons. The molecule has 1 unspecified atom stereocenters. The second-order valence-electron chi connectivity index (χ2n) is 7.55. The second-order valence-corrected chi connectivity index (χ2v) is 7.55. The third kappa shape index (κ3) is 3.42. The van der Waals surface area contributed by atoms with Crippen molar-refractivity contribution in [3.05, 3.63) is 36.0 Å². The van der Waals surface area contributed by atoms with Crippen LogP contribution in [0.25, 0.3) is 10.9 Å². The normalized spacial score (nSPS) is 25.8. The van der Waals surface area contributed by atoms with Crippen molar-refractivity contribution in [3.63, 3.8) is 0 Å². The first kappa shape index (κ1) is 16.6. The number of aliphatic hydroxyl groups is 1. The summed E-state index contributed by atoms with van der Waals surface area (Å²) in [6.07, 6.45) is 0.644. The van der Waals surface area contributed by atoms with Gasteiger partial charge in [-0.05, 0) is 25.6 Å². The Bertz CT molecular complexity index is 733. The van der Waals surface area contributed by atoms with Crippen molar-refractivity contribution in [1.82, 2.24) is 19.7 Å². The number of likely N-dealkylation sites (N-methyl/N-ethyl adjacent to an activating group) is 1. The first-order valence-corrected chi connectivity index (χ1v) is 9.03. The van der Waals surface area contributed by atoms with Gasteiger partial charge in [0.15, 0.2) is 0 Å². The third-order valence-corrected chi connectivity index (χ3v) is 5.49. The Morgan fingerprint density at radius 2 is 1.96 bits per heavy atom. The first-order valence-electron chi connectivity index (χ1n) is 9.03. The molecule has 0 aliphatic carbocycles. The van der Waals surface area contributed by atoms with E-state index in [1.54, 1.807) is 4.90 Å². The van der Waals surface area contributed by atoms with E-state index in [0.717, 1.165) is 37.1 Å². The van der Waals surface area contributed by atoms with E-state index < -0.39 is 5.60 Å². The van der Waals surface area contributed by atoms with Crippen LogP contribution in [0.1, 0.15) is 16.9 Å². The van der Waals surface area contributed by atoms with Gasteiger partial charge < -0.3 is 19.9 Å². The highest BCUT2D eigenvalue weighted by molar-refractivity contribution is 5.98. The van der Waals surface area contributed by atoms with Crippen molar-refractivity contribution in [2.45, 2.75) is 12.0 Å². The monoisotopic (exact) mass is 342 g/mol. The number of H-pyrrole nitrogens is 1. The molecule has 25 heavy (non-hydrogen) atoms. The summed E-state index contributed by atoms with van der Waals surface area (Å²) in [6.45, 7) is 5.70. The van der Waals surface area contributed by atoms with E-state index in [1.807, 2.05) is 30.3 Å². The fourth-order valence-corrected chi connectivity index (χ4v) is 3.94. The van der Waals surface area contributed by atoms with Gasteiger partial charge in [-0.2, -0.15) is 0 Å². The number of piperazine rings is 1. The zero-order valence-corrected chi connectivity index (χ0v) is 14.7. The average molecular weight is 342 g/mol. The molecule has 6 heteroatoms. The number of nitrogens with one attached hydrogen (secondary N) is 1. The van der Waals surface area contributed by atoms with Crippen LogP contribution in [0.2, 0.25) is 0 Å². The van der Waals surface area contributed by atoms with E-state index in [1.165, 1.54) is 0 Å². The largest absolute Gasteiger partial charge is 0.387 e. The van der Waals surface area contributed by atoms with E-state index in [2.05, 4.69) is 21.8 Å². The zero-order valence-electron chi connectivity index (χ0n) is 14.7. The van der Waals surface area contributed by atoms with E-state index in [4.69, 9.17) is 0 Å². The summed E-state index contributed by atoms with van der Waals surface area (Å²) < 4.78 is 0. The molecule has 2 aliphatic rings. The summed E-state index contributed by atoms with van der Waals surface area (Å²) in [4.78, 5) is 22.4. The highest BCUT2D eigenvalue weighted by atomic mass is 16.3. The number of aromatic amines is 1. The Kier molecular flexibility index (Phi) is 4.27. The molecule has 0 spiro atoms. The van der Waals surface area contributed by atoms with Crippen molar-refractivity contribution in [3.8, 4) is 0 Å². The number of nitrogens with zero attached hydrogens (tertiary/aromatic N) is 3. The lowest BCUT2D eigenvalue weighted by molar-refractivity contribution is 0.000488. The molecular weight excluding hydrogens is 316 g/mol. The Morgan fingerprint density at radius 1 is 1.20 bits per heavy atom. The number of benzene rings is 1. The van der Waals surface area contributed by atoms with Gasteiger partial charge in [0.2, 0.25) is 0 Å². The number of para-hydroxylation sites is 1. The molecule has 2 aromatic rings. The molecule has 6 nitrogen and oxygen atoms in total. The molecule has 1 aromatic carbocycles. The minimum atomic E-state index is -0.794. The topological polar surface area (TPSA) is 62.8 Å². The molecule has 3 heterocycles. The number of carbonyl (C=O) groups is 1. The van der Waals surface area contributed by atoms with Gasteiger partial charge in [-0.1, -0.05) is 18.2 Å².